The van der Waals surface area contributed by atoms with Crippen LogP contribution in [0.15, 0.2) is 0 Å². The normalized spacial score (nSPS) is 28.6. The number of aliphatic hydroxyl groups excluding tert-OH is 1. The Labute approximate surface area is 97.0 Å². The lowest BCUT2D eigenvalue weighted by Crippen LogP contribution is -2.40. The summed E-state index contributed by atoms with van der Waals surface area (Å²) in [6.45, 7) is 1.61. The maximum atomic E-state index is 11.7. The van der Waals surface area contributed by atoms with E-state index >= 15 is 0 Å². The molecule has 0 spiro atoms. The van der Waals surface area contributed by atoms with Crippen molar-refractivity contribution in [2.45, 2.75) is 44.2 Å². The highest BCUT2D eigenvalue weighted by Gasteiger charge is 2.29. The van der Waals surface area contributed by atoms with Crippen LogP contribution in [0.3, 0.4) is 0 Å². The molecule has 0 aliphatic heterocycles. The number of nitrogens with zero attached hydrogens (tertiary/aromatic N) is 1. The van der Waals surface area contributed by atoms with Crippen LogP contribution in [0.4, 0.5) is 0 Å². The van der Waals surface area contributed by atoms with Crippen LogP contribution in [-0.4, -0.2) is 48.2 Å². The van der Waals surface area contributed by atoms with Gasteiger partial charge in [0.2, 0.25) is 5.91 Å². The number of amides is 1. The SMILES string of the molecule is CN(CC1CC(O)C1)C(=O)CCNC1CC1. The van der Waals surface area contributed by atoms with Gasteiger partial charge in [0.1, 0.15) is 0 Å². The van der Waals surface area contributed by atoms with Gasteiger partial charge in [-0.1, -0.05) is 0 Å². The van der Waals surface area contributed by atoms with Crippen molar-refractivity contribution in [2.24, 2.45) is 5.92 Å². The molecule has 0 saturated heterocycles. The summed E-state index contributed by atoms with van der Waals surface area (Å²) in [5.74, 6) is 0.731. The first-order valence-corrected chi connectivity index (χ1v) is 6.30. The molecule has 1 amide bonds. The highest BCUT2D eigenvalue weighted by Crippen LogP contribution is 2.27. The Morgan fingerprint density at radius 2 is 2.12 bits per heavy atom. The molecule has 0 radical (unpaired) electrons. The topological polar surface area (TPSA) is 52.6 Å². The Hall–Kier alpha value is -0.610. The number of carbonyl (C=O) groups excluding carboxylic acids is 1. The quantitative estimate of drug-likeness (QED) is 0.687. The van der Waals surface area contributed by atoms with Gasteiger partial charge in [-0.05, 0) is 31.6 Å². The Kier molecular flexibility index (Phi) is 3.82. The van der Waals surface area contributed by atoms with E-state index in [1.807, 2.05) is 11.9 Å². The van der Waals surface area contributed by atoms with E-state index in [4.69, 9.17) is 5.11 Å². The molecule has 2 aliphatic rings. The zero-order valence-corrected chi connectivity index (χ0v) is 9.98. The molecule has 4 heteroatoms. The van der Waals surface area contributed by atoms with Gasteiger partial charge in [-0.15, -0.1) is 0 Å². The third kappa shape index (κ3) is 3.46. The lowest BCUT2D eigenvalue weighted by atomic mass is 9.82. The van der Waals surface area contributed by atoms with E-state index in [0.717, 1.165) is 25.9 Å². The zero-order valence-electron chi connectivity index (χ0n) is 9.98. The lowest BCUT2D eigenvalue weighted by Gasteiger charge is -2.34. The average molecular weight is 226 g/mol. The molecule has 16 heavy (non-hydrogen) atoms. The third-order valence-corrected chi connectivity index (χ3v) is 3.52. The van der Waals surface area contributed by atoms with Crippen molar-refractivity contribution in [2.75, 3.05) is 20.1 Å². The summed E-state index contributed by atoms with van der Waals surface area (Å²) in [5, 5.41) is 12.5. The van der Waals surface area contributed by atoms with E-state index in [1.165, 1.54) is 12.8 Å². The second-order valence-electron chi connectivity index (χ2n) is 5.24. The lowest BCUT2D eigenvalue weighted by molar-refractivity contribution is -0.131. The predicted octanol–water partition coefficient (Wildman–Crippen LogP) is 0.358. The van der Waals surface area contributed by atoms with Crippen LogP contribution < -0.4 is 5.32 Å². The molecule has 2 N–H and O–H groups in total. The van der Waals surface area contributed by atoms with E-state index in [9.17, 15) is 4.79 Å². The van der Waals surface area contributed by atoms with Crippen LogP contribution in [0.1, 0.15) is 32.1 Å². The summed E-state index contributed by atoms with van der Waals surface area (Å²) in [6, 6.07) is 0.680. The standard InChI is InChI=1S/C12H22N2O2/c1-14(8-9-6-11(15)7-9)12(16)4-5-13-10-2-3-10/h9-11,13,15H,2-8H2,1H3. The average Bonchev–Trinajstić information content (AvgIpc) is 2.99. The van der Waals surface area contributed by atoms with Gasteiger partial charge < -0.3 is 15.3 Å². The van der Waals surface area contributed by atoms with Crippen molar-refractivity contribution in [3.05, 3.63) is 0 Å². The minimum atomic E-state index is -0.120. The molecular formula is C12H22N2O2. The fourth-order valence-corrected chi connectivity index (χ4v) is 2.20. The van der Waals surface area contributed by atoms with Crippen LogP contribution in [0, 0.1) is 5.92 Å². The third-order valence-electron chi connectivity index (χ3n) is 3.52. The molecule has 0 atom stereocenters. The van der Waals surface area contributed by atoms with Gasteiger partial charge in [-0.25, -0.2) is 0 Å². The highest BCUT2D eigenvalue weighted by atomic mass is 16.3. The van der Waals surface area contributed by atoms with Crippen molar-refractivity contribution in [1.29, 1.82) is 0 Å². The molecule has 0 bridgehead atoms. The van der Waals surface area contributed by atoms with Gasteiger partial charge in [-0.3, -0.25) is 4.79 Å². The molecule has 2 aliphatic carbocycles. The maximum absolute atomic E-state index is 11.7. The van der Waals surface area contributed by atoms with E-state index in [0.29, 0.717) is 18.4 Å². The zero-order chi connectivity index (χ0) is 11.5. The molecule has 0 unspecified atom stereocenters. The Morgan fingerprint density at radius 1 is 1.44 bits per heavy atom. The first kappa shape index (κ1) is 11.9. The second-order valence-corrected chi connectivity index (χ2v) is 5.24. The first-order valence-electron chi connectivity index (χ1n) is 6.30. The molecule has 0 aromatic carbocycles. The maximum Gasteiger partial charge on any atom is 0.223 e. The largest absolute Gasteiger partial charge is 0.393 e. The van der Waals surface area contributed by atoms with Crippen molar-refractivity contribution in [3.63, 3.8) is 0 Å². The number of nitrogens with one attached hydrogen (secondary N) is 1. The molecule has 0 heterocycles. The van der Waals surface area contributed by atoms with Crippen LogP contribution in [0.5, 0.6) is 0 Å². The van der Waals surface area contributed by atoms with Crippen molar-refractivity contribution < 1.29 is 9.90 Å². The van der Waals surface area contributed by atoms with Crippen LogP contribution in [0.25, 0.3) is 0 Å². The van der Waals surface area contributed by atoms with Gasteiger partial charge in [0.15, 0.2) is 0 Å². The summed E-state index contributed by atoms with van der Waals surface area (Å²) in [5.41, 5.74) is 0. The number of hydrogen-bond acceptors (Lipinski definition) is 3. The molecule has 4 nitrogen and oxygen atoms in total. The van der Waals surface area contributed by atoms with E-state index in [-0.39, 0.29) is 12.0 Å². The fourth-order valence-electron chi connectivity index (χ4n) is 2.20. The summed E-state index contributed by atoms with van der Waals surface area (Å²) in [6.07, 6.45) is 4.73. The van der Waals surface area contributed by atoms with E-state index in [1.54, 1.807) is 0 Å². The molecule has 0 aromatic heterocycles. The fraction of sp³-hybridized carbons (Fsp3) is 0.917. The summed E-state index contributed by atoms with van der Waals surface area (Å²) >= 11 is 0. The molecular weight excluding hydrogens is 204 g/mol. The van der Waals surface area contributed by atoms with Crippen LogP contribution in [0.2, 0.25) is 0 Å². The number of rotatable bonds is 6. The predicted molar refractivity (Wildman–Crippen MR) is 62.0 cm³/mol. The van der Waals surface area contributed by atoms with Gasteiger partial charge >= 0.3 is 0 Å². The van der Waals surface area contributed by atoms with Crippen molar-refractivity contribution >= 4 is 5.91 Å². The molecule has 2 fully saturated rings. The Morgan fingerprint density at radius 3 is 2.69 bits per heavy atom. The van der Waals surface area contributed by atoms with Gasteiger partial charge in [-0.2, -0.15) is 0 Å². The van der Waals surface area contributed by atoms with Crippen molar-refractivity contribution in [3.8, 4) is 0 Å². The number of aliphatic hydroxyl groups is 1. The molecule has 2 saturated carbocycles. The number of carbonyl (C=O) groups is 1. The molecule has 92 valence electrons. The molecule has 2 rings (SSSR count). The molecule has 0 aromatic rings. The van der Waals surface area contributed by atoms with Gasteiger partial charge in [0.05, 0.1) is 6.10 Å². The minimum absolute atomic E-state index is 0.120. The van der Waals surface area contributed by atoms with E-state index in [2.05, 4.69) is 5.32 Å². The Balaban J connectivity index is 1.55. The van der Waals surface area contributed by atoms with Crippen LogP contribution in [-0.2, 0) is 4.79 Å². The smallest absolute Gasteiger partial charge is 0.223 e. The van der Waals surface area contributed by atoms with Gasteiger partial charge in [0, 0.05) is 32.6 Å². The van der Waals surface area contributed by atoms with Crippen molar-refractivity contribution in [1.82, 2.24) is 10.2 Å². The monoisotopic (exact) mass is 226 g/mol. The first-order chi connectivity index (χ1) is 7.65. The summed E-state index contributed by atoms with van der Waals surface area (Å²) < 4.78 is 0. The number of hydrogen-bond donors (Lipinski definition) is 2. The van der Waals surface area contributed by atoms with E-state index < -0.39 is 0 Å². The summed E-state index contributed by atoms with van der Waals surface area (Å²) in [7, 11) is 1.87. The second kappa shape index (κ2) is 5.15. The highest BCUT2D eigenvalue weighted by molar-refractivity contribution is 5.76. The summed E-state index contributed by atoms with van der Waals surface area (Å²) in [4.78, 5) is 13.5. The Bertz CT molecular complexity index is 247. The minimum Gasteiger partial charge on any atom is -0.393 e. The van der Waals surface area contributed by atoms with Gasteiger partial charge in [0.25, 0.3) is 0 Å². The van der Waals surface area contributed by atoms with Crippen LogP contribution >= 0.6 is 0 Å².